The van der Waals surface area contributed by atoms with Crippen LogP contribution in [0.5, 0.6) is 0 Å². The van der Waals surface area contributed by atoms with Gasteiger partial charge in [0.15, 0.2) is 0 Å². The smallest absolute Gasteiger partial charge is 0.322 e. The van der Waals surface area contributed by atoms with Gasteiger partial charge in [0.2, 0.25) is 0 Å². The van der Waals surface area contributed by atoms with Gasteiger partial charge in [-0.25, -0.2) is 0 Å². The van der Waals surface area contributed by atoms with Gasteiger partial charge in [-0.3, -0.25) is 4.79 Å². The highest BCUT2D eigenvalue weighted by molar-refractivity contribution is 5.95. The Morgan fingerprint density at radius 2 is 1.95 bits per heavy atom. The van der Waals surface area contributed by atoms with Crippen molar-refractivity contribution in [1.29, 1.82) is 0 Å². The fourth-order valence-electron chi connectivity index (χ4n) is 1.85. The van der Waals surface area contributed by atoms with Gasteiger partial charge in [0.25, 0.3) is 5.91 Å². The molecule has 1 heterocycles. The van der Waals surface area contributed by atoms with Gasteiger partial charge in [0.05, 0.1) is 0 Å². The molecule has 0 aliphatic carbocycles. The van der Waals surface area contributed by atoms with Crippen molar-refractivity contribution in [3.05, 3.63) is 41.1 Å². The van der Waals surface area contributed by atoms with E-state index in [1.807, 2.05) is 0 Å². The quantitative estimate of drug-likeness (QED) is 0.475. The standard InChI is InChI=1S/C14H19N5O2.ClH/c1-2-10-3-5-11(6-4-10)9-16-7-8-17-14(20)12-13(15)19-21-18-12;/h3-6,16H,2,7-9H2,1H3,(H2,15,19)(H,17,20);1H. The number of anilines is 1. The molecule has 8 heteroatoms. The minimum Gasteiger partial charge on any atom is -1.00 e. The Labute approximate surface area is 135 Å². The lowest BCUT2D eigenvalue weighted by Gasteiger charge is -2.06. The molecule has 0 aliphatic rings. The van der Waals surface area contributed by atoms with E-state index in [2.05, 4.69) is 56.8 Å². The summed E-state index contributed by atoms with van der Waals surface area (Å²) in [6.45, 7) is 4.04. The van der Waals surface area contributed by atoms with Crippen molar-refractivity contribution in [1.82, 2.24) is 15.8 Å². The van der Waals surface area contributed by atoms with E-state index in [1.165, 1.54) is 11.1 Å². The second-order valence-corrected chi connectivity index (χ2v) is 4.65. The Morgan fingerprint density at radius 1 is 1.27 bits per heavy atom. The van der Waals surface area contributed by atoms with E-state index >= 15 is 0 Å². The van der Waals surface area contributed by atoms with Crippen LogP contribution in [-0.2, 0) is 13.0 Å². The predicted molar refractivity (Wildman–Crippen MR) is 77.3 cm³/mol. The van der Waals surface area contributed by atoms with Gasteiger partial charge in [0.1, 0.15) is 5.16 Å². The summed E-state index contributed by atoms with van der Waals surface area (Å²) in [5, 5.41) is 11.8. The summed E-state index contributed by atoms with van der Waals surface area (Å²) in [6.07, 6.45) is 1.04. The minimum atomic E-state index is -0.355. The minimum absolute atomic E-state index is 0. The number of hydrogen-bond acceptors (Lipinski definition) is 5. The van der Waals surface area contributed by atoms with Crippen molar-refractivity contribution >= 4 is 11.7 Å². The van der Waals surface area contributed by atoms with Gasteiger partial charge in [0, 0.05) is 19.6 Å². The zero-order valence-corrected chi connectivity index (χ0v) is 13.1. The molecule has 1 aromatic heterocycles. The van der Waals surface area contributed by atoms with Crippen molar-refractivity contribution < 1.29 is 27.0 Å². The van der Waals surface area contributed by atoms with Crippen LogP contribution in [0, 0.1) is 0 Å². The third kappa shape index (κ3) is 5.01. The summed E-state index contributed by atoms with van der Waals surface area (Å²) in [4.78, 5) is 11.7. The molecule has 0 saturated carbocycles. The van der Waals surface area contributed by atoms with Gasteiger partial charge < -0.3 is 28.8 Å². The maximum atomic E-state index is 11.7. The van der Waals surface area contributed by atoms with Crippen LogP contribution in [0.2, 0.25) is 0 Å². The Morgan fingerprint density at radius 3 is 2.55 bits per heavy atom. The summed E-state index contributed by atoms with van der Waals surface area (Å²) in [5.74, 6) is -0.233. The first-order valence-corrected chi connectivity index (χ1v) is 6.90. The molecule has 5 N–H and O–H groups in total. The van der Waals surface area contributed by atoms with Crippen molar-refractivity contribution in [3.63, 3.8) is 0 Å². The number of rotatable bonds is 7. The van der Waals surface area contributed by atoms with Crippen molar-refractivity contribution in [2.45, 2.75) is 19.9 Å². The molecule has 0 saturated heterocycles. The SMILES string of the molecule is CCc1ccc(CNCCNC(=O)c2no[nH+]c2N)cc1.[Cl-]. The summed E-state index contributed by atoms with van der Waals surface area (Å²) in [6, 6.07) is 8.47. The lowest BCUT2D eigenvalue weighted by Crippen LogP contribution is -3.00. The van der Waals surface area contributed by atoms with Gasteiger partial charge >= 0.3 is 11.5 Å². The van der Waals surface area contributed by atoms with Crippen molar-refractivity contribution in [2.24, 2.45) is 0 Å². The highest BCUT2D eigenvalue weighted by Crippen LogP contribution is 2.04. The number of aromatic amines is 1. The van der Waals surface area contributed by atoms with E-state index in [1.54, 1.807) is 0 Å². The molecule has 0 atom stereocenters. The molecule has 7 nitrogen and oxygen atoms in total. The second-order valence-electron chi connectivity index (χ2n) is 4.65. The first-order valence-electron chi connectivity index (χ1n) is 6.90. The number of nitrogen functional groups attached to an aromatic ring is 1. The number of carbonyl (C=O) groups excluding carboxylic acids is 1. The third-order valence-electron chi connectivity index (χ3n) is 3.11. The number of halogens is 1. The normalized spacial score (nSPS) is 10.0. The molecule has 0 bridgehead atoms. The summed E-state index contributed by atoms with van der Waals surface area (Å²) in [7, 11) is 0. The number of carbonyl (C=O) groups is 1. The fourth-order valence-corrected chi connectivity index (χ4v) is 1.85. The molecule has 1 amide bonds. The molecule has 0 aliphatic heterocycles. The molecular formula is C14H20ClN5O2. The highest BCUT2D eigenvalue weighted by Gasteiger charge is 2.21. The first kappa shape index (κ1) is 17.9. The monoisotopic (exact) mass is 325 g/mol. The van der Waals surface area contributed by atoms with E-state index < -0.39 is 0 Å². The molecule has 22 heavy (non-hydrogen) atoms. The summed E-state index contributed by atoms with van der Waals surface area (Å²) in [5.41, 5.74) is 8.10. The number of nitrogens with zero attached hydrogens (tertiary/aromatic N) is 1. The van der Waals surface area contributed by atoms with Crippen LogP contribution in [0.3, 0.4) is 0 Å². The molecule has 0 unspecified atom stereocenters. The van der Waals surface area contributed by atoms with Crippen molar-refractivity contribution in [2.75, 3.05) is 18.8 Å². The van der Waals surface area contributed by atoms with Gasteiger partial charge in [-0.1, -0.05) is 36.3 Å². The average molecular weight is 326 g/mol. The predicted octanol–water partition coefficient (Wildman–Crippen LogP) is -2.84. The Bertz CT molecular complexity index is 585. The number of benzene rings is 1. The average Bonchev–Trinajstić information content (AvgIpc) is 2.93. The number of H-pyrrole nitrogens is 1. The number of aryl methyl sites for hydroxylation is 1. The van der Waals surface area contributed by atoms with E-state index in [9.17, 15) is 4.79 Å². The Hall–Kier alpha value is -2.12. The molecule has 0 fully saturated rings. The lowest BCUT2D eigenvalue weighted by molar-refractivity contribution is -0.610. The van der Waals surface area contributed by atoms with Crippen LogP contribution in [0.25, 0.3) is 0 Å². The molecule has 1 aromatic carbocycles. The highest BCUT2D eigenvalue weighted by atomic mass is 35.5. The van der Waals surface area contributed by atoms with E-state index in [0.29, 0.717) is 13.1 Å². The van der Waals surface area contributed by atoms with Gasteiger partial charge in [-0.15, -0.1) is 4.63 Å². The number of hydrogen-bond donors (Lipinski definition) is 3. The number of aromatic nitrogens is 2. The zero-order chi connectivity index (χ0) is 15.1. The Kier molecular flexibility index (Phi) is 7.34. The number of nitrogens with one attached hydrogen (secondary N) is 3. The molecule has 0 radical (unpaired) electrons. The second kappa shape index (κ2) is 9.01. The molecular weight excluding hydrogens is 306 g/mol. The van der Waals surface area contributed by atoms with E-state index in [-0.39, 0.29) is 29.8 Å². The lowest BCUT2D eigenvalue weighted by atomic mass is 10.1. The van der Waals surface area contributed by atoms with Crippen LogP contribution in [0.15, 0.2) is 28.9 Å². The van der Waals surface area contributed by atoms with Crippen LogP contribution >= 0.6 is 0 Å². The van der Waals surface area contributed by atoms with Crippen LogP contribution in [0.1, 0.15) is 28.5 Å². The largest absolute Gasteiger partial charge is 1.00 e. The Balaban J connectivity index is 0.00000242. The topological polar surface area (TPSA) is 107 Å². The maximum absolute atomic E-state index is 11.7. The molecule has 120 valence electrons. The van der Waals surface area contributed by atoms with Crippen LogP contribution in [-0.4, -0.2) is 24.2 Å². The van der Waals surface area contributed by atoms with Crippen molar-refractivity contribution in [3.8, 4) is 0 Å². The third-order valence-corrected chi connectivity index (χ3v) is 3.11. The molecule has 0 spiro atoms. The maximum Gasteiger partial charge on any atom is 0.322 e. The van der Waals surface area contributed by atoms with Gasteiger partial charge in [-0.2, -0.15) is 0 Å². The first-order chi connectivity index (χ1) is 10.2. The molecule has 2 aromatic rings. The van der Waals surface area contributed by atoms with Crippen LogP contribution < -0.4 is 33.9 Å². The van der Waals surface area contributed by atoms with Crippen LogP contribution in [0.4, 0.5) is 5.82 Å². The number of amides is 1. The van der Waals surface area contributed by atoms with E-state index in [4.69, 9.17) is 5.73 Å². The summed E-state index contributed by atoms with van der Waals surface area (Å²) < 4.78 is 4.49. The fraction of sp³-hybridized carbons (Fsp3) is 0.357. The zero-order valence-electron chi connectivity index (χ0n) is 12.4. The molecule has 2 rings (SSSR count). The van der Waals surface area contributed by atoms with E-state index in [0.717, 1.165) is 13.0 Å². The number of nitrogens with two attached hydrogens (primary N) is 1. The van der Waals surface area contributed by atoms with Gasteiger partial charge in [-0.05, 0) is 17.5 Å². The summed E-state index contributed by atoms with van der Waals surface area (Å²) >= 11 is 0.